The van der Waals surface area contributed by atoms with Gasteiger partial charge >= 0.3 is 12.1 Å². The Morgan fingerprint density at radius 2 is 1.86 bits per heavy atom. The number of carboxylic acid groups (broad SMARTS) is 1. The average Bonchev–Trinajstić information content (AvgIpc) is 2.45. The number of Topliss-reactive ketones (excluding diaryl/α,β-unsaturated/α-hetero) is 1. The number of rotatable bonds is 9. The number of carboxylic acids is 1. The Bertz CT molecular complexity index is 501. The van der Waals surface area contributed by atoms with Crippen molar-refractivity contribution in [3.05, 3.63) is 35.9 Å². The summed E-state index contributed by atoms with van der Waals surface area (Å²) in [6.45, 7) is 1.96. The van der Waals surface area contributed by atoms with Crippen molar-refractivity contribution in [3.63, 3.8) is 0 Å². The van der Waals surface area contributed by atoms with Gasteiger partial charge in [-0.15, -0.1) is 0 Å². The Balaban J connectivity index is 2.47. The van der Waals surface area contributed by atoms with E-state index in [1.54, 1.807) is 0 Å². The van der Waals surface area contributed by atoms with Gasteiger partial charge in [0.15, 0.2) is 0 Å². The van der Waals surface area contributed by atoms with Gasteiger partial charge in [-0.05, 0) is 12.0 Å². The summed E-state index contributed by atoms with van der Waals surface area (Å²) in [5.74, 6) is -1.14. The molecular formula is C16H21NO5. The van der Waals surface area contributed by atoms with Gasteiger partial charge in [0.2, 0.25) is 0 Å². The maximum absolute atomic E-state index is 11.7. The number of aliphatic carboxylic acids is 1. The van der Waals surface area contributed by atoms with E-state index in [1.807, 2.05) is 37.3 Å². The fourth-order valence-corrected chi connectivity index (χ4v) is 1.97. The summed E-state index contributed by atoms with van der Waals surface area (Å²) in [6.07, 6.45) is 0.0316. The Morgan fingerprint density at radius 3 is 2.45 bits per heavy atom. The molecule has 1 rings (SSSR count). The quantitative estimate of drug-likeness (QED) is 0.731. The largest absolute Gasteiger partial charge is 0.481 e. The first-order chi connectivity index (χ1) is 10.5. The number of amides is 1. The van der Waals surface area contributed by atoms with E-state index in [9.17, 15) is 14.4 Å². The normalized spacial score (nSPS) is 11.5. The van der Waals surface area contributed by atoms with Gasteiger partial charge in [-0.2, -0.15) is 0 Å². The molecule has 0 spiro atoms. The lowest BCUT2D eigenvalue weighted by Gasteiger charge is -2.16. The number of hydrogen-bond donors (Lipinski definition) is 2. The number of carbonyl (C=O) groups is 3. The van der Waals surface area contributed by atoms with Crippen LogP contribution in [-0.4, -0.2) is 29.0 Å². The van der Waals surface area contributed by atoms with Crippen molar-refractivity contribution in [2.24, 2.45) is 0 Å². The van der Waals surface area contributed by atoms with E-state index in [4.69, 9.17) is 9.84 Å². The lowest BCUT2D eigenvalue weighted by Crippen LogP contribution is -2.38. The second-order valence-electron chi connectivity index (χ2n) is 4.99. The van der Waals surface area contributed by atoms with E-state index in [1.165, 1.54) is 0 Å². The second kappa shape index (κ2) is 9.55. The average molecular weight is 307 g/mol. The third-order valence-electron chi connectivity index (χ3n) is 2.96. The van der Waals surface area contributed by atoms with Crippen LogP contribution in [0.2, 0.25) is 0 Å². The predicted molar refractivity (Wildman–Crippen MR) is 80.3 cm³/mol. The maximum Gasteiger partial charge on any atom is 0.407 e. The molecule has 0 aliphatic rings. The highest BCUT2D eigenvalue weighted by atomic mass is 16.5. The van der Waals surface area contributed by atoms with Crippen molar-refractivity contribution in [1.82, 2.24) is 5.32 Å². The highest BCUT2D eigenvalue weighted by Crippen LogP contribution is 2.05. The zero-order chi connectivity index (χ0) is 16.4. The lowest BCUT2D eigenvalue weighted by molar-refractivity contribution is -0.137. The zero-order valence-electron chi connectivity index (χ0n) is 12.6. The van der Waals surface area contributed by atoms with Crippen molar-refractivity contribution in [1.29, 1.82) is 0 Å². The molecule has 0 saturated carbocycles. The minimum absolute atomic E-state index is 0.000572. The lowest BCUT2D eigenvalue weighted by atomic mass is 10.0. The Morgan fingerprint density at radius 1 is 1.18 bits per heavy atom. The first-order valence-electron chi connectivity index (χ1n) is 7.22. The van der Waals surface area contributed by atoms with Gasteiger partial charge in [-0.1, -0.05) is 37.3 Å². The molecule has 6 nitrogen and oxygen atoms in total. The second-order valence-corrected chi connectivity index (χ2v) is 4.99. The highest BCUT2D eigenvalue weighted by molar-refractivity contribution is 5.81. The Kier molecular flexibility index (Phi) is 7.67. The van der Waals surface area contributed by atoms with Crippen LogP contribution in [0.25, 0.3) is 0 Å². The molecule has 0 radical (unpaired) electrons. The molecule has 6 heteroatoms. The van der Waals surface area contributed by atoms with E-state index >= 15 is 0 Å². The van der Waals surface area contributed by atoms with Crippen molar-refractivity contribution in [2.45, 2.75) is 45.3 Å². The number of alkyl carbamates (subject to hydrolysis) is 1. The predicted octanol–water partition coefficient (Wildman–Crippen LogP) is 2.52. The van der Waals surface area contributed by atoms with Gasteiger partial charge in [0, 0.05) is 18.9 Å². The van der Waals surface area contributed by atoms with E-state index in [0.717, 1.165) is 5.56 Å². The minimum atomic E-state index is -1.07. The van der Waals surface area contributed by atoms with Crippen LogP contribution in [-0.2, 0) is 20.9 Å². The summed E-state index contributed by atoms with van der Waals surface area (Å²) in [4.78, 5) is 34.1. The van der Waals surface area contributed by atoms with Gasteiger partial charge in [-0.3, -0.25) is 9.59 Å². The molecule has 1 atom stereocenters. The third kappa shape index (κ3) is 7.42. The van der Waals surface area contributed by atoms with Crippen molar-refractivity contribution >= 4 is 17.8 Å². The molecule has 1 aromatic rings. The van der Waals surface area contributed by atoms with E-state index < -0.39 is 18.1 Å². The monoisotopic (exact) mass is 307 g/mol. The molecule has 0 aromatic heterocycles. The molecule has 2 N–H and O–H groups in total. The number of hydrogen-bond acceptors (Lipinski definition) is 4. The molecule has 120 valence electrons. The number of nitrogens with one attached hydrogen (secondary N) is 1. The molecular weight excluding hydrogens is 286 g/mol. The molecule has 1 unspecified atom stereocenters. The fraction of sp³-hybridized carbons (Fsp3) is 0.438. The summed E-state index contributed by atoms with van der Waals surface area (Å²) in [7, 11) is 0. The number of carbonyl (C=O) groups excluding carboxylic acids is 2. The van der Waals surface area contributed by atoms with Gasteiger partial charge < -0.3 is 15.2 Å². The standard InChI is InChI=1S/C16H21NO5/c1-2-6-14(18)9-13(10-15(19)20)17-16(21)22-11-12-7-4-3-5-8-12/h3-5,7-8,13H,2,6,9-11H2,1H3,(H,17,21)(H,19,20). The number of ether oxygens (including phenoxy) is 1. The van der Waals surface area contributed by atoms with Crippen LogP contribution in [0.1, 0.15) is 38.2 Å². The topological polar surface area (TPSA) is 92.7 Å². The number of benzene rings is 1. The molecule has 0 fully saturated rings. The molecule has 1 amide bonds. The van der Waals surface area contributed by atoms with Gasteiger partial charge in [0.25, 0.3) is 0 Å². The summed E-state index contributed by atoms with van der Waals surface area (Å²) < 4.78 is 5.03. The molecule has 0 saturated heterocycles. The van der Waals surface area contributed by atoms with E-state index in [2.05, 4.69) is 5.32 Å². The van der Waals surface area contributed by atoms with E-state index in [0.29, 0.717) is 12.8 Å². The highest BCUT2D eigenvalue weighted by Gasteiger charge is 2.19. The van der Waals surface area contributed by atoms with Crippen LogP contribution in [0.4, 0.5) is 4.79 Å². The molecule has 0 aliphatic heterocycles. The fourth-order valence-electron chi connectivity index (χ4n) is 1.97. The summed E-state index contributed by atoms with van der Waals surface area (Å²) in [5, 5.41) is 11.3. The third-order valence-corrected chi connectivity index (χ3v) is 2.96. The van der Waals surface area contributed by atoms with Crippen LogP contribution >= 0.6 is 0 Å². The molecule has 0 bridgehead atoms. The number of ketones is 1. The first-order valence-corrected chi connectivity index (χ1v) is 7.22. The Hall–Kier alpha value is -2.37. The van der Waals surface area contributed by atoms with Gasteiger partial charge in [-0.25, -0.2) is 4.79 Å². The van der Waals surface area contributed by atoms with Gasteiger partial charge in [0.1, 0.15) is 12.4 Å². The summed E-state index contributed by atoms with van der Waals surface area (Å²) in [5.41, 5.74) is 0.828. The van der Waals surface area contributed by atoms with Crippen molar-refractivity contribution < 1.29 is 24.2 Å². The van der Waals surface area contributed by atoms with Crippen LogP contribution in [0.3, 0.4) is 0 Å². The summed E-state index contributed by atoms with van der Waals surface area (Å²) in [6, 6.07) is 8.38. The maximum atomic E-state index is 11.7. The molecule has 22 heavy (non-hydrogen) atoms. The van der Waals surface area contributed by atoms with Crippen LogP contribution in [0.15, 0.2) is 30.3 Å². The molecule has 0 heterocycles. The van der Waals surface area contributed by atoms with Crippen molar-refractivity contribution in [2.75, 3.05) is 0 Å². The smallest absolute Gasteiger partial charge is 0.407 e. The van der Waals surface area contributed by atoms with Crippen LogP contribution in [0, 0.1) is 0 Å². The molecule has 0 aliphatic carbocycles. The minimum Gasteiger partial charge on any atom is -0.481 e. The molecule has 1 aromatic carbocycles. The first kappa shape index (κ1) is 17.7. The van der Waals surface area contributed by atoms with Gasteiger partial charge in [0.05, 0.1) is 6.42 Å². The zero-order valence-corrected chi connectivity index (χ0v) is 12.6. The SMILES string of the molecule is CCCC(=O)CC(CC(=O)O)NC(=O)OCc1ccccc1. The van der Waals surface area contributed by atoms with Crippen LogP contribution < -0.4 is 5.32 Å². The summed E-state index contributed by atoms with van der Waals surface area (Å²) >= 11 is 0. The van der Waals surface area contributed by atoms with Crippen LogP contribution in [0.5, 0.6) is 0 Å². The Labute approximate surface area is 129 Å². The van der Waals surface area contributed by atoms with Crippen molar-refractivity contribution in [3.8, 4) is 0 Å². The van der Waals surface area contributed by atoms with E-state index in [-0.39, 0.29) is 25.2 Å².